The van der Waals surface area contributed by atoms with Gasteiger partial charge in [-0.15, -0.1) is 11.3 Å². The minimum Gasteiger partial charge on any atom is -0.486 e. The molecule has 1 saturated heterocycles. The Morgan fingerprint density at radius 1 is 1.23 bits per heavy atom. The van der Waals surface area contributed by atoms with Crippen LogP contribution in [0.3, 0.4) is 0 Å². The third-order valence-corrected chi connectivity index (χ3v) is 6.31. The maximum Gasteiger partial charge on any atom is 0.410 e. The molecular weight excluding hydrogens is 412 g/mol. The largest absolute Gasteiger partial charge is 0.486 e. The van der Waals surface area contributed by atoms with Gasteiger partial charge in [-0.3, -0.25) is 0 Å². The van der Waals surface area contributed by atoms with E-state index in [1.807, 2.05) is 45.0 Å². The highest BCUT2D eigenvalue weighted by atomic mass is 32.1. The molecule has 1 aliphatic rings. The lowest BCUT2D eigenvalue weighted by Gasteiger charge is -2.24. The van der Waals surface area contributed by atoms with Crippen molar-refractivity contribution in [3.63, 3.8) is 0 Å². The zero-order chi connectivity index (χ0) is 22.2. The fourth-order valence-corrected chi connectivity index (χ4v) is 4.57. The minimum atomic E-state index is -0.506. The standard InChI is InChI=1S/C23H28N4O3S/c1-14-15(2)31-21-19(14)20(24-13-25-21)26-17-8-6-7-9-18(17)29-16-10-11-27(12-16)22(28)30-23(3,4)5/h6-9,13,16H,10-12H2,1-5H3,(H,24,25,26). The third-order valence-electron chi connectivity index (χ3n) is 5.20. The highest BCUT2D eigenvalue weighted by molar-refractivity contribution is 7.18. The SMILES string of the molecule is Cc1sc2ncnc(Nc3ccccc3OC3CCN(C(=O)OC(C)(C)C)C3)c2c1C. The van der Waals surface area contributed by atoms with Crippen molar-refractivity contribution in [2.75, 3.05) is 18.4 Å². The molecule has 1 N–H and O–H groups in total. The normalized spacial score (nSPS) is 16.5. The zero-order valence-corrected chi connectivity index (χ0v) is 19.4. The molecule has 1 fully saturated rings. The van der Waals surface area contributed by atoms with Crippen LogP contribution in [0.5, 0.6) is 5.75 Å². The summed E-state index contributed by atoms with van der Waals surface area (Å²) in [6, 6.07) is 7.80. The van der Waals surface area contributed by atoms with Crippen LogP contribution in [0.2, 0.25) is 0 Å². The van der Waals surface area contributed by atoms with Crippen molar-refractivity contribution < 1.29 is 14.3 Å². The summed E-state index contributed by atoms with van der Waals surface area (Å²) in [5.41, 5.74) is 1.51. The summed E-state index contributed by atoms with van der Waals surface area (Å²) in [5.74, 6) is 1.50. The number of likely N-dealkylation sites (tertiary alicyclic amines) is 1. The molecule has 0 spiro atoms. The van der Waals surface area contributed by atoms with Crippen LogP contribution in [0.25, 0.3) is 10.2 Å². The molecule has 1 unspecified atom stereocenters. The Kier molecular flexibility index (Phi) is 5.75. The first-order chi connectivity index (χ1) is 14.7. The molecule has 0 saturated carbocycles. The number of aromatic nitrogens is 2. The number of aryl methyl sites for hydroxylation is 2. The van der Waals surface area contributed by atoms with Crippen LogP contribution >= 0.6 is 11.3 Å². The molecule has 164 valence electrons. The first-order valence-electron chi connectivity index (χ1n) is 10.4. The number of benzene rings is 1. The Morgan fingerprint density at radius 2 is 2.00 bits per heavy atom. The molecule has 31 heavy (non-hydrogen) atoms. The average Bonchev–Trinajstić information content (AvgIpc) is 3.27. The van der Waals surface area contributed by atoms with E-state index < -0.39 is 5.60 Å². The molecule has 2 aromatic heterocycles. The molecule has 8 heteroatoms. The number of thiophene rings is 1. The number of carbonyl (C=O) groups excluding carboxylic acids is 1. The van der Waals surface area contributed by atoms with Crippen molar-refractivity contribution in [1.82, 2.24) is 14.9 Å². The number of carbonyl (C=O) groups is 1. The molecule has 7 nitrogen and oxygen atoms in total. The maximum atomic E-state index is 12.3. The second-order valence-corrected chi connectivity index (χ2v) is 9.96. The van der Waals surface area contributed by atoms with E-state index in [0.29, 0.717) is 13.1 Å². The van der Waals surface area contributed by atoms with Gasteiger partial charge >= 0.3 is 6.09 Å². The smallest absolute Gasteiger partial charge is 0.410 e. The van der Waals surface area contributed by atoms with Crippen LogP contribution in [0.1, 0.15) is 37.6 Å². The van der Waals surface area contributed by atoms with Crippen LogP contribution in [0.4, 0.5) is 16.3 Å². The Bertz CT molecular complexity index is 1110. The molecule has 3 aromatic rings. The van der Waals surface area contributed by atoms with E-state index in [1.54, 1.807) is 22.6 Å². The number of hydrogen-bond donors (Lipinski definition) is 1. The van der Waals surface area contributed by atoms with Gasteiger partial charge in [-0.05, 0) is 52.3 Å². The molecule has 1 amide bonds. The van der Waals surface area contributed by atoms with E-state index in [4.69, 9.17) is 9.47 Å². The molecular formula is C23H28N4O3S. The fraction of sp³-hybridized carbons (Fsp3) is 0.435. The maximum absolute atomic E-state index is 12.3. The highest BCUT2D eigenvalue weighted by Gasteiger charge is 2.31. The second kappa shape index (κ2) is 8.34. The Labute approximate surface area is 186 Å². The number of nitrogens with zero attached hydrogens (tertiary/aromatic N) is 3. The quantitative estimate of drug-likeness (QED) is 0.582. The molecule has 3 heterocycles. The summed E-state index contributed by atoms with van der Waals surface area (Å²) in [7, 11) is 0. The van der Waals surface area contributed by atoms with Gasteiger partial charge in [0, 0.05) is 17.8 Å². The van der Waals surface area contributed by atoms with Gasteiger partial charge in [-0.2, -0.15) is 0 Å². The molecule has 1 aliphatic heterocycles. The van der Waals surface area contributed by atoms with Crippen molar-refractivity contribution >= 4 is 39.2 Å². The van der Waals surface area contributed by atoms with Gasteiger partial charge in [-0.25, -0.2) is 14.8 Å². The van der Waals surface area contributed by atoms with Crippen LogP contribution in [0, 0.1) is 13.8 Å². The average molecular weight is 441 g/mol. The van der Waals surface area contributed by atoms with Gasteiger partial charge < -0.3 is 19.7 Å². The summed E-state index contributed by atoms with van der Waals surface area (Å²) in [4.78, 5) is 25.1. The number of ether oxygens (including phenoxy) is 2. The molecule has 0 bridgehead atoms. The molecule has 1 atom stereocenters. The Hall–Kier alpha value is -2.87. The number of amides is 1. The molecule has 0 aliphatic carbocycles. The molecule has 0 radical (unpaired) electrons. The fourth-order valence-electron chi connectivity index (χ4n) is 3.57. The third kappa shape index (κ3) is 4.74. The number of anilines is 2. The summed E-state index contributed by atoms with van der Waals surface area (Å²) in [6.45, 7) is 10.9. The van der Waals surface area contributed by atoms with Crippen LogP contribution in [0.15, 0.2) is 30.6 Å². The van der Waals surface area contributed by atoms with E-state index in [2.05, 4.69) is 29.1 Å². The zero-order valence-electron chi connectivity index (χ0n) is 18.6. The van der Waals surface area contributed by atoms with Crippen molar-refractivity contribution in [2.24, 2.45) is 0 Å². The van der Waals surface area contributed by atoms with E-state index in [0.717, 1.165) is 33.9 Å². The lowest BCUT2D eigenvalue weighted by molar-refractivity contribution is 0.0276. The van der Waals surface area contributed by atoms with E-state index in [9.17, 15) is 4.79 Å². The van der Waals surface area contributed by atoms with Crippen molar-refractivity contribution in [2.45, 2.75) is 52.7 Å². The summed E-state index contributed by atoms with van der Waals surface area (Å²) in [5, 5.41) is 4.47. The molecule has 1 aromatic carbocycles. The number of para-hydroxylation sites is 2. The Morgan fingerprint density at radius 3 is 2.77 bits per heavy atom. The van der Waals surface area contributed by atoms with Crippen molar-refractivity contribution in [3.05, 3.63) is 41.0 Å². The van der Waals surface area contributed by atoms with Gasteiger partial charge in [0.25, 0.3) is 0 Å². The van der Waals surface area contributed by atoms with Gasteiger partial charge in [0.15, 0.2) is 0 Å². The van der Waals surface area contributed by atoms with E-state index in [1.165, 1.54) is 10.4 Å². The van der Waals surface area contributed by atoms with Crippen LogP contribution in [-0.2, 0) is 4.74 Å². The van der Waals surface area contributed by atoms with Gasteiger partial charge in [0.05, 0.1) is 17.6 Å². The number of nitrogens with one attached hydrogen (secondary N) is 1. The lowest BCUT2D eigenvalue weighted by Crippen LogP contribution is -2.36. The van der Waals surface area contributed by atoms with Gasteiger partial charge in [0.2, 0.25) is 0 Å². The first-order valence-corrected chi connectivity index (χ1v) is 11.2. The monoisotopic (exact) mass is 440 g/mol. The predicted molar refractivity (Wildman–Crippen MR) is 123 cm³/mol. The second-order valence-electron chi connectivity index (χ2n) is 8.76. The predicted octanol–water partition coefficient (Wildman–Crippen LogP) is 5.44. The number of rotatable bonds is 4. The minimum absolute atomic E-state index is 0.0917. The topological polar surface area (TPSA) is 76.6 Å². The van der Waals surface area contributed by atoms with E-state index in [-0.39, 0.29) is 12.2 Å². The first kappa shape index (κ1) is 21.4. The molecule has 4 rings (SSSR count). The number of fused-ring (bicyclic) bond motifs is 1. The summed E-state index contributed by atoms with van der Waals surface area (Å²) in [6.07, 6.45) is 1.95. The summed E-state index contributed by atoms with van der Waals surface area (Å²) < 4.78 is 11.8. The van der Waals surface area contributed by atoms with E-state index >= 15 is 0 Å². The van der Waals surface area contributed by atoms with Crippen molar-refractivity contribution in [3.8, 4) is 5.75 Å². The van der Waals surface area contributed by atoms with Crippen LogP contribution in [-0.4, -0.2) is 45.8 Å². The lowest BCUT2D eigenvalue weighted by atomic mass is 10.2. The van der Waals surface area contributed by atoms with Gasteiger partial charge in [0.1, 0.15) is 34.4 Å². The highest BCUT2D eigenvalue weighted by Crippen LogP contribution is 2.36. The summed E-state index contributed by atoms with van der Waals surface area (Å²) >= 11 is 1.67. The van der Waals surface area contributed by atoms with Gasteiger partial charge in [-0.1, -0.05) is 12.1 Å². The Balaban J connectivity index is 1.50. The number of hydrogen-bond acceptors (Lipinski definition) is 7. The van der Waals surface area contributed by atoms with Crippen molar-refractivity contribution in [1.29, 1.82) is 0 Å². The van der Waals surface area contributed by atoms with Crippen LogP contribution < -0.4 is 10.1 Å².